The smallest absolute Gasteiger partial charge is 0.0602 e. The van der Waals surface area contributed by atoms with Crippen LogP contribution >= 0.6 is 0 Å². The van der Waals surface area contributed by atoms with Gasteiger partial charge in [0.15, 0.2) is 0 Å². The molecule has 0 radical (unpaired) electrons. The van der Waals surface area contributed by atoms with Crippen molar-refractivity contribution >= 4 is 0 Å². The van der Waals surface area contributed by atoms with Crippen LogP contribution in [-0.2, 0) is 4.74 Å². The van der Waals surface area contributed by atoms with Crippen molar-refractivity contribution in [2.45, 2.75) is 78.9 Å². The van der Waals surface area contributed by atoms with Crippen molar-refractivity contribution in [3.63, 3.8) is 0 Å². The van der Waals surface area contributed by atoms with Crippen molar-refractivity contribution < 1.29 is 4.74 Å². The van der Waals surface area contributed by atoms with Gasteiger partial charge in [-0.1, -0.05) is 32.4 Å². The normalized spacial score (nSPS) is 14.9. The average Bonchev–Trinajstić information content (AvgIpc) is 2.07. The van der Waals surface area contributed by atoms with Crippen LogP contribution in [0.25, 0.3) is 0 Å². The first-order valence-corrected chi connectivity index (χ1v) is 6.66. The molecule has 0 aliphatic heterocycles. The van der Waals surface area contributed by atoms with E-state index in [0.717, 1.165) is 0 Å². The summed E-state index contributed by atoms with van der Waals surface area (Å²) in [5.41, 5.74) is -0.00301. The number of hydrogen-bond donors (Lipinski definition) is 0. The predicted octanol–water partition coefficient (Wildman–Crippen LogP) is 4.96. The van der Waals surface area contributed by atoms with E-state index in [-0.39, 0.29) is 5.60 Å². The summed E-state index contributed by atoms with van der Waals surface area (Å²) >= 11 is 0. The lowest BCUT2D eigenvalue weighted by molar-refractivity contribution is -0.0548. The van der Waals surface area contributed by atoms with Gasteiger partial charge in [0, 0.05) is 0 Å². The highest BCUT2D eigenvalue weighted by atomic mass is 16.5. The van der Waals surface area contributed by atoms with Crippen LogP contribution in [-0.4, -0.2) is 11.7 Å². The molecule has 1 atom stereocenters. The summed E-state index contributed by atoms with van der Waals surface area (Å²) in [4.78, 5) is 0. The summed E-state index contributed by atoms with van der Waals surface area (Å²) in [6, 6.07) is 0. The molecule has 0 aromatic carbocycles. The SMILES string of the molecule is CC(C)/C=C/CCCC[C@H](C)OC(C)(C)C. The van der Waals surface area contributed by atoms with Crippen LogP contribution in [0.5, 0.6) is 0 Å². The Morgan fingerprint density at radius 1 is 1.06 bits per heavy atom. The summed E-state index contributed by atoms with van der Waals surface area (Å²) in [6.45, 7) is 13.0. The molecule has 0 aliphatic rings. The molecule has 0 aromatic rings. The first kappa shape index (κ1) is 15.7. The topological polar surface area (TPSA) is 9.23 Å². The van der Waals surface area contributed by atoms with Gasteiger partial charge in [-0.3, -0.25) is 0 Å². The molecule has 0 rings (SSSR count). The fourth-order valence-corrected chi connectivity index (χ4v) is 1.72. The van der Waals surface area contributed by atoms with Crippen molar-refractivity contribution in [3.05, 3.63) is 12.2 Å². The molecule has 0 saturated carbocycles. The van der Waals surface area contributed by atoms with Crippen molar-refractivity contribution in [3.8, 4) is 0 Å². The highest BCUT2D eigenvalue weighted by Crippen LogP contribution is 2.15. The maximum atomic E-state index is 5.86. The van der Waals surface area contributed by atoms with Crippen LogP contribution in [0.4, 0.5) is 0 Å². The summed E-state index contributed by atoms with van der Waals surface area (Å²) in [6.07, 6.45) is 9.90. The van der Waals surface area contributed by atoms with E-state index in [1.54, 1.807) is 0 Å². The van der Waals surface area contributed by atoms with E-state index in [2.05, 4.69) is 53.7 Å². The summed E-state index contributed by atoms with van der Waals surface area (Å²) in [7, 11) is 0. The van der Waals surface area contributed by atoms with Gasteiger partial charge in [0.1, 0.15) is 0 Å². The minimum atomic E-state index is -0.00301. The number of ether oxygens (including phenoxy) is 1. The Hall–Kier alpha value is -0.300. The Morgan fingerprint density at radius 2 is 1.69 bits per heavy atom. The molecule has 0 heterocycles. The molecule has 0 amide bonds. The lowest BCUT2D eigenvalue weighted by Crippen LogP contribution is -2.25. The van der Waals surface area contributed by atoms with Crippen LogP contribution in [0.3, 0.4) is 0 Å². The molecular weight excluding hydrogens is 196 g/mol. The first-order chi connectivity index (χ1) is 7.31. The van der Waals surface area contributed by atoms with Crippen LogP contribution in [0.1, 0.15) is 67.2 Å². The Balaban J connectivity index is 3.45. The largest absolute Gasteiger partial charge is 0.373 e. The van der Waals surface area contributed by atoms with Gasteiger partial charge in [0.2, 0.25) is 0 Å². The minimum absolute atomic E-state index is 0.00301. The molecule has 1 nitrogen and oxygen atoms in total. The first-order valence-electron chi connectivity index (χ1n) is 6.66. The second kappa shape index (κ2) is 7.89. The van der Waals surface area contributed by atoms with Crippen molar-refractivity contribution in [2.75, 3.05) is 0 Å². The Labute approximate surface area is 102 Å². The molecular formula is C15H30O. The highest BCUT2D eigenvalue weighted by molar-refractivity contribution is 4.84. The van der Waals surface area contributed by atoms with E-state index in [1.807, 2.05) is 0 Å². The molecule has 0 fully saturated rings. The van der Waals surface area contributed by atoms with Crippen molar-refractivity contribution in [2.24, 2.45) is 5.92 Å². The monoisotopic (exact) mass is 226 g/mol. The molecule has 0 aromatic heterocycles. The maximum absolute atomic E-state index is 5.86. The van der Waals surface area contributed by atoms with E-state index in [0.29, 0.717) is 12.0 Å². The minimum Gasteiger partial charge on any atom is -0.373 e. The third kappa shape index (κ3) is 11.8. The van der Waals surface area contributed by atoms with Crippen LogP contribution < -0.4 is 0 Å². The fraction of sp³-hybridized carbons (Fsp3) is 0.867. The lowest BCUT2D eigenvalue weighted by Gasteiger charge is -2.25. The standard InChI is InChI=1S/C15H30O/c1-13(2)11-9-7-8-10-12-14(3)16-15(4,5)6/h9,11,13-14H,7-8,10,12H2,1-6H3/b11-9+/t14-/m0/s1. The zero-order valence-electron chi connectivity index (χ0n) is 12.0. The number of allylic oxidation sites excluding steroid dienone is 2. The molecule has 0 spiro atoms. The Kier molecular flexibility index (Phi) is 7.74. The Morgan fingerprint density at radius 3 is 2.19 bits per heavy atom. The number of hydrogen-bond acceptors (Lipinski definition) is 1. The predicted molar refractivity (Wildman–Crippen MR) is 72.7 cm³/mol. The zero-order chi connectivity index (χ0) is 12.6. The van der Waals surface area contributed by atoms with Gasteiger partial charge in [-0.25, -0.2) is 0 Å². The second-order valence-electron chi connectivity index (χ2n) is 6.00. The summed E-state index contributed by atoms with van der Waals surface area (Å²) in [5, 5.41) is 0. The van der Waals surface area contributed by atoms with Gasteiger partial charge in [-0.05, 0) is 52.9 Å². The maximum Gasteiger partial charge on any atom is 0.0602 e. The van der Waals surface area contributed by atoms with Gasteiger partial charge >= 0.3 is 0 Å². The summed E-state index contributed by atoms with van der Waals surface area (Å²) in [5.74, 6) is 0.683. The Bertz CT molecular complexity index is 186. The molecule has 0 bridgehead atoms. The second-order valence-corrected chi connectivity index (χ2v) is 6.00. The molecule has 0 aliphatic carbocycles. The zero-order valence-corrected chi connectivity index (χ0v) is 12.0. The highest BCUT2D eigenvalue weighted by Gasteiger charge is 2.14. The van der Waals surface area contributed by atoms with Crippen molar-refractivity contribution in [1.82, 2.24) is 0 Å². The molecule has 0 saturated heterocycles. The third-order valence-electron chi connectivity index (χ3n) is 2.31. The van der Waals surface area contributed by atoms with E-state index >= 15 is 0 Å². The summed E-state index contributed by atoms with van der Waals surface area (Å²) < 4.78 is 5.86. The molecule has 0 unspecified atom stereocenters. The molecule has 0 N–H and O–H groups in total. The quantitative estimate of drug-likeness (QED) is 0.440. The molecule has 1 heteroatoms. The lowest BCUT2D eigenvalue weighted by atomic mass is 10.1. The van der Waals surface area contributed by atoms with Gasteiger partial charge in [0.25, 0.3) is 0 Å². The average molecular weight is 226 g/mol. The van der Waals surface area contributed by atoms with Crippen LogP contribution in [0.2, 0.25) is 0 Å². The van der Waals surface area contributed by atoms with E-state index in [9.17, 15) is 0 Å². The molecule has 96 valence electrons. The third-order valence-corrected chi connectivity index (χ3v) is 2.31. The van der Waals surface area contributed by atoms with Gasteiger partial charge < -0.3 is 4.74 Å². The van der Waals surface area contributed by atoms with Crippen molar-refractivity contribution in [1.29, 1.82) is 0 Å². The number of unbranched alkanes of at least 4 members (excludes halogenated alkanes) is 2. The molecule has 16 heavy (non-hydrogen) atoms. The van der Waals surface area contributed by atoms with E-state index in [4.69, 9.17) is 4.74 Å². The number of rotatable bonds is 7. The van der Waals surface area contributed by atoms with Crippen LogP contribution in [0, 0.1) is 5.92 Å². The van der Waals surface area contributed by atoms with E-state index in [1.165, 1.54) is 25.7 Å². The fourth-order valence-electron chi connectivity index (χ4n) is 1.72. The van der Waals surface area contributed by atoms with Gasteiger partial charge in [0.05, 0.1) is 11.7 Å². The van der Waals surface area contributed by atoms with Crippen LogP contribution in [0.15, 0.2) is 12.2 Å². The van der Waals surface area contributed by atoms with Gasteiger partial charge in [-0.2, -0.15) is 0 Å². The van der Waals surface area contributed by atoms with Gasteiger partial charge in [-0.15, -0.1) is 0 Å². The van der Waals surface area contributed by atoms with E-state index < -0.39 is 0 Å².